The van der Waals surface area contributed by atoms with Gasteiger partial charge in [-0.1, -0.05) is 32.9 Å². The van der Waals surface area contributed by atoms with Crippen LogP contribution in [0.5, 0.6) is 0 Å². The topological polar surface area (TPSA) is 66.4 Å². The average molecular weight is 281 g/mol. The standard InChI is InChI=1S/C15H20FNO3/c1-9(2)10(3)13(18)17-15(4,14(19)20)11-5-7-12(16)8-6-11/h5-10H,1-4H3,(H,17,18)(H,19,20). The first-order valence-electron chi connectivity index (χ1n) is 6.50. The Bertz CT molecular complexity index is 498. The predicted molar refractivity (Wildman–Crippen MR) is 73.5 cm³/mol. The molecule has 0 aliphatic heterocycles. The second-order valence-electron chi connectivity index (χ2n) is 5.46. The molecule has 1 aromatic rings. The quantitative estimate of drug-likeness (QED) is 0.871. The molecule has 1 rings (SSSR count). The van der Waals surface area contributed by atoms with Crippen LogP contribution in [0, 0.1) is 17.7 Å². The van der Waals surface area contributed by atoms with E-state index in [0.717, 1.165) is 0 Å². The lowest BCUT2D eigenvalue weighted by Gasteiger charge is -2.29. The Morgan fingerprint density at radius 1 is 1.20 bits per heavy atom. The number of rotatable bonds is 5. The third kappa shape index (κ3) is 3.35. The second kappa shape index (κ2) is 6.03. The SMILES string of the molecule is CC(C)C(C)C(=O)NC(C)(C(=O)O)c1ccc(F)cc1. The van der Waals surface area contributed by atoms with Gasteiger partial charge >= 0.3 is 5.97 Å². The maximum Gasteiger partial charge on any atom is 0.333 e. The number of carboxylic acids is 1. The fraction of sp³-hybridized carbons (Fsp3) is 0.467. The molecule has 1 aromatic carbocycles. The summed E-state index contributed by atoms with van der Waals surface area (Å²) in [7, 11) is 0. The van der Waals surface area contributed by atoms with Crippen LogP contribution in [-0.4, -0.2) is 17.0 Å². The summed E-state index contributed by atoms with van der Waals surface area (Å²) >= 11 is 0. The zero-order valence-electron chi connectivity index (χ0n) is 12.1. The summed E-state index contributed by atoms with van der Waals surface area (Å²) in [6.45, 7) is 6.92. The number of nitrogens with one attached hydrogen (secondary N) is 1. The molecule has 0 saturated carbocycles. The molecule has 0 aromatic heterocycles. The molecule has 1 amide bonds. The van der Waals surface area contributed by atoms with Crippen molar-refractivity contribution in [1.82, 2.24) is 5.32 Å². The van der Waals surface area contributed by atoms with E-state index in [-0.39, 0.29) is 17.7 Å². The Morgan fingerprint density at radius 3 is 2.10 bits per heavy atom. The lowest BCUT2D eigenvalue weighted by molar-refractivity contribution is -0.148. The van der Waals surface area contributed by atoms with Gasteiger partial charge in [-0.3, -0.25) is 4.79 Å². The van der Waals surface area contributed by atoms with Crippen LogP contribution in [0.2, 0.25) is 0 Å². The number of aliphatic carboxylic acids is 1. The molecule has 0 heterocycles. The fourth-order valence-corrected chi connectivity index (χ4v) is 1.70. The Hall–Kier alpha value is -1.91. The zero-order chi connectivity index (χ0) is 15.5. The molecule has 0 bridgehead atoms. The van der Waals surface area contributed by atoms with Crippen LogP contribution in [0.3, 0.4) is 0 Å². The molecule has 0 fully saturated rings. The van der Waals surface area contributed by atoms with Crippen molar-refractivity contribution in [3.63, 3.8) is 0 Å². The van der Waals surface area contributed by atoms with Crippen LogP contribution in [0.1, 0.15) is 33.3 Å². The van der Waals surface area contributed by atoms with Gasteiger partial charge in [-0.2, -0.15) is 0 Å². The highest BCUT2D eigenvalue weighted by Gasteiger charge is 2.38. The van der Waals surface area contributed by atoms with Gasteiger partial charge in [0.15, 0.2) is 5.54 Å². The van der Waals surface area contributed by atoms with Crippen LogP contribution >= 0.6 is 0 Å². The number of amides is 1. The van der Waals surface area contributed by atoms with E-state index in [9.17, 15) is 19.1 Å². The lowest BCUT2D eigenvalue weighted by Crippen LogP contribution is -2.51. The largest absolute Gasteiger partial charge is 0.479 e. The molecule has 0 aliphatic rings. The fourth-order valence-electron chi connectivity index (χ4n) is 1.70. The van der Waals surface area contributed by atoms with Crippen LogP contribution < -0.4 is 5.32 Å². The van der Waals surface area contributed by atoms with E-state index < -0.39 is 17.3 Å². The van der Waals surface area contributed by atoms with Crippen molar-refractivity contribution in [2.24, 2.45) is 11.8 Å². The Morgan fingerprint density at radius 2 is 1.70 bits per heavy atom. The number of carbonyl (C=O) groups is 2. The summed E-state index contributed by atoms with van der Waals surface area (Å²) in [4.78, 5) is 23.6. The number of carbonyl (C=O) groups excluding carboxylic acids is 1. The highest BCUT2D eigenvalue weighted by atomic mass is 19.1. The number of carboxylic acid groups (broad SMARTS) is 1. The predicted octanol–water partition coefficient (Wildman–Crippen LogP) is 2.53. The molecule has 0 aliphatic carbocycles. The molecule has 5 heteroatoms. The molecular formula is C15H20FNO3. The molecule has 2 unspecified atom stereocenters. The summed E-state index contributed by atoms with van der Waals surface area (Å²) in [6.07, 6.45) is 0. The van der Waals surface area contributed by atoms with Crippen molar-refractivity contribution >= 4 is 11.9 Å². The summed E-state index contributed by atoms with van der Waals surface area (Å²) in [6, 6.07) is 5.08. The van der Waals surface area contributed by atoms with E-state index in [1.807, 2.05) is 13.8 Å². The van der Waals surface area contributed by atoms with Gasteiger partial charge in [-0.25, -0.2) is 9.18 Å². The molecule has 110 valence electrons. The van der Waals surface area contributed by atoms with Gasteiger partial charge in [0.25, 0.3) is 0 Å². The number of hydrogen-bond acceptors (Lipinski definition) is 2. The highest BCUT2D eigenvalue weighted by Crippen LogP contribution is 2.23. The van der Waals surface area contributed by atoms with Crippen molar-refractivity contribution in [2.45, 2.75) is 33.2 Å². The van der Waals surface area contributed by atoms with E-state index in [2.05, 4.69) is 5.32 Å². The van der Waals surface area contributed by atoms with E-state index >= 15 is 0 Å². The summed E-state index contributed by atoms with van der Waals surface area (Å²) in [5.41, 5.74) is -1.25. The van der Waals surface area contributed by atoms with Gasteiger partial charge < -0.3 is 10.4 Å². The van der Waals surface area contributed by atoms with Crippen LogP contribution in [0.25, 0.3) is 0 Å². The van der Waals surface area contributed by atoms with Gasteiger partial charge in [0.05, 0.1) is 0 Å². The zero-order valence-corrected chi connectivity index (χ0v) is 12.1. The van der Waals surface area contributed by atoms with E-state index in [0.29, 0.717) is 5.56 Å². The molecular weight excluding hydrogens is 261 g/mol. The van der Waals surface area contributed by atoms with Crippen molar-refractivity contribution in [3.05, 3.63) is 35.6 Å². The van der Waals surface area contributed by atoms with Gasteiger partial charge in [0.2, 0.25) is 5.91 Å². The number of hydrogen-bond donors (Lipinski definition) is 2. The lowest BCUT2D eigenvalue weighted by atomic mass is 9.89. The van der Waals surface area contributed by atoms with Crippen molar-refractivity contribution in [2.75, 3.05) is 0 Å². The first-order chi connectivity index (χ1) is 9.18. The van der Waals surface area contributed by atoms with E-state index in [4.69, 9.17) is 0 Å². The minimum atomic E-state index is -1.58. The summed E-state index contributed by atoms with van der Waals surface area (Å²) in [5, 5.41) is 12.0. The Balaban J connectivity index is 3.07. The second-order valence-corrected chi connectivity index (χ2v) is 5.46. The summed E-state index contributed by atoms with van der Waals surface area (Å²) < 4.78 is 12.9. The minimum Gasteiger partial charge on any atom is -0.479 e. The van der Waals surface area contributed by atoms with E-state index in [1.54, 1.807) is 6.92 Å². The number of benzene rings is 1. The minimum absolute atomic E-state index is 0.0984. The first-order valence-corrected chi connectivity index (χ1v) is 6.50. The van der Waals surface area contributed by atoms with Crippen LogP contribution in [0.15, 0.2) is 24.3 Å². The molecule has 0 spiro atoms. The smallest absolute Gasteiger partial charge is 0.333 e. The maximum atomic E-state index is 12.9. The first kappa shape index (κ1) is 16.1. The Labute approximate surface area is 118 Å². The Kier molecular flexibility index (Phi) is 4.87. The van der Waals surface area contributed by atoms with Crippen molar-refractivity contribution < 1.29 is 19.1 Å². The third-order valence-electron chi connectivity index (χ3n) is 3.64. The molecule has 2 N–H and O–H groups in total. The van der Waals surface area contributed by atoms with E-state index in [1.165, 1.54) is 31.2 Å². The molecule has 0 saturated heterocycles. The van der Waals surface area contributed by atoms with Crippen molar-refractivity contribution in [1.29, 1.82) is 0 Å². The van der Waals surface area contributed by atoms with Crippen LogP contribution in [0.4, 0.5) is 4.39 Å². The molecule has 4 nitrogen and oxygen atoms in total. The molecule has 20 heavy (non-hydrogen) atoms. The summed E-state index contributed by atoms with van der Waals surface area (Å²) in [5.74, 6) is -2.19. The highest BCUT2D eigenvalue weighted by molar-refractivity contribution is 5.88. The normalized spacial score (nSPS) is 15.5. The van der Waals surface area contributed by atoms with Gasteiger partial charge in [0, 0.05) is 5.92 Å². The third-order valence-corrected chi connectivity index (χ3v) is 3.64. The maximum absolute atomic E-state index is 12.9. The number of halogens is 1. The molecule has 2 atom stereocenters. The molecule has 0 radical (unpaired) electrons. The van der Waals surface area contributed by atoms with Gasteiger partial charge in [0.1, 0.15) is 5.82 Å². The average Bonchev–Trinajstić information content (AvgIpc) is 2.37. The van der Waals surface area contributed by atoms with Gasteiger partial charge in [-0.15, -0.1) is 0 Å². The van der Waals surface area contributed by atoms with Crippen LogP contribution in [-0.2, 0) is 15.1 Å². The monoisotopic (exact) mass is 281 g/mol. The van der Waals surface area contributed by atoms with Crippen molar-refractivity contribution in [3.8, 4) is 0 Å². The van der Waals surface area contributed by atoms with Gasteiger partial charge in [-0.05, 0) is 30.5 Å².